The molecule has 1 N–H and O–H groups in total. The molecule has 0 spiro atoms. The molecule has 3 rings (SSSR count). The van der Waals surface area contributed by atoms with Crippen molar-refractivity contribution in [2.24, 2.45) is 5.10 Å². The first-order valence-electron chi connectivity index (χ1n) is 8.61. The second-order valence-corrected chi connectivity index (χ2v) is 8.64. The summed E-state index contributed by atoms with van der Waals surface area (Å²) in [5.74, 6) is 0.739. The van der Waals surface area contributed by atoms with Crippen molar-refractivity contribution in [1.82, 2.24) is 14.9 Å². The third-order valence-electron chi connectivity index (χ3n) is 3.98. The van der Waals surface area contributed by atoms with E-state index < -0.39 is 0 Å². The van der Waals surface area contributed by atoms with Crippen LogP contribution in [0.15, 0.2) is 41.8 Å². The zero-order chi connectivity index (χ0) is 18.7. The SMILES string of the molecule is CN(C)Cc1ccccc1C=NNc1ncnc2sc(C(C)(C)C)cc12. The van der Waals surface area contributed by atoms with Crippen LogP contribution >= 0.6 is 11.3 Å². The summed E-state index contributed by atoms with van der Waals surface area (Å²) in [6.07, 6.45) is 3.44. The predicted octanol–water partition coefficient (Wildman–Crippen LogP) is 4.50. The Morgan fingerprint density at radius 3 is 2.69 bits per heavy atom. The molecule has 0 aliphatic carbocycles. The lowest BCUT2D eigenvalue weighted by molar-refractivity contribution is 0.402. The first-order valence-corrected chi connectivity index (χ1v) is 9.43. The third-order valence-corrected chi connectivity index (χ3v) is 5.45. The van der Waals surface area contributed by atoms with Crippen molar-refractivity contribution < 1.29 is 0 Å². The van der Waals surface area contributed by atoms with Crippen molar-refractivity contribution >= 4 is 33.6 Å². The van der Waals surface area contributed by atoms with Crippen LogP contribution in [0.5, 0.6) is 0 Å². The molecule has 2 heterocycles. The van der Waals surface area contributed by atoms with Gasteiger partial charge in [-0.2, -0.15) is 5.10 Å². The van der Waals surface area contributed by atoms with Gasteiger partial charge in [0.25, 0.3) is 0 Å². The Kier molecular flexibility index (Phi) is 5.34. The summed E-state index contributed by atoms with van der Waals surface area (Å²) in [6, 6.07) is 10.4. The maximum atomic E-state index is 4.42. The Labute approximate surface area is 158 Å². The van der Waals surface area contributed by atoms with E-state index in [0.717, 1.165) is 28.1 Å². The normalized spacial score (nSPS) is 12.4. The van der Waals surface area contributed by atoms with Crippen molar-refractivity contribution in [3.63, 3.8) is 0 Å². The quantitative estimate of drug-likeness (QED) is 0.533. The number of fused-ring (bicyclic) bond motifs is 1. The van der Waals surface area contributed by atoms with E-state index >= 15 is 0 Å². The van der Waals surface area contributed by atoms with E-state index in [1.54, 1.807) is 17.7 Å². The fourth-order valence-electron chi connectivity index (χ4n) is 2.62. The summed E-state index contributed by atoms with van der Waals surface area (Å²) in [6.45, 7) is 7.49. The van der Waals surface area contributed by atoms with Gasteiger partial charge in [0.2, 0.25) is 0 Å². The van der Waals surface area contributed by atoms with Crippen LogP contribution in [0, 0.1) is 0 Å². The number of hydrogen-bond donors (Lipinski definition) is 1. The van der Waals surface area contributed by atoms with Gasteiger partial charge in [-0.05, 0) is 36.7 Å². The van der Waals surface area contributed by atoms with Gasteiger partial charge >= 0.3 is 0 Å². The van der Waals surface area contributed by atoms with Gasteiger partial charge in [-0.3, -0.25) is 5.43 Å². The van der Waals surface area contributed by atoms with Gasteiger partial charge in [0.1, 0.15) is 11.2 Å². The van der Waals surface area contributed by atoms with Gasteiger partial charge in [-0.1, -0.05) is 45.0 Å². The van der Waals surface area contributed by atoms with Crippen LogP contribution in [0.3, 0.4) is 0 Å². The summed E-state index contributed by atoms with van der Waals surface area (Å²) in [5, 5.41) is 5.44. The summed E-state index contributed by atoms with van der Waals surface area (Å²) in [7, 11) is 4.13. The average Bonchev–Trinajstić information content (AvgIpc) is 3.01. The molecule has 26 heavy (non-hydrogen) atoms. The summed E-state index contributed by atoms with van der Waals surface area (Å²) >= 11 is 1.71. The first kappa shape index (κ1) is 18.5. The predicted molar refractivity (Wildman–Crippen MR) is 111 cm³/mol. The van der Waals surface area contributed by atoms with Crippen molar-refractivity contribution in [2.75, 3.05) is 19.5 Å². The Hall–Kier alpha value is -2.31. The van der Waals surface area contributed by atoms with E-state index in [1.165, 1.54) is 10.4 Å². The molecule has 0 bridgehead atoms. The molecule has 0 amide bonds. The molecule has 1 aromatic carbocycles. The average molecular weight is 368 g/mol. The minimum absolute atomic E-state index is 0.0943. The number of hydrazone groups is 1. The zero-order valence-electron chi connectivity index (χ0n) is 15.9. The molecule has 0 saturated heterocycles. The minimum Gasteiger partial charge on any atom is -0.305 e. The number of anilines is 1. The molecular weight excluding hydrogens is 342 g/mol. The second-order valence-electron chi connectivity index (χ2n) is 7.61. The van der Waals surface area contributed by atoms with Gasteiger partial charge < -0.3 is 4.90 Å². The molecule has 2 aromatic heterocycles. The highest BCUT2D eigenvalue weighted by molar-refractivity contribution is 7.18. The minimum atomic E-state index is 0.0943. The van der Waals surface area contributed by atoms with Crippen molar-refractivity contribution in [2.45, 2.75) is 32.7 Å². The molecule has 0 unspecified atom stereocenters. The number of hydrogen-bond acceptors (Lipinski definition) is 6. The molecule has 0 radical (unpaired) electrons. The van der Waals surface area contributed by atoms with Crippen molar-refractivity contribution in [3.8, 4) is 0 Å². The summed E-state index contributed by atoms with van der Waals surface area (Å²) < 4.78 is 0. The van der Waals surface area contributed by atoms with Crippen LogP contribution in [0.2, 0.25) is 0 Å². The van der Waals surface area contributed by atoms with Crippen LogP contribution in [0.4, 0.5) is 5.82 Å². The largest absolute Gasteiger partial charge is 0.305 e. The number of nitrogens with zero attached hydrogens (tertiary/aromatic N) is 4. The first-order chi connectivity index (χ1) is 12.3. The highest BCUT2D eigenvalue weighted by atomic mass is 32.1. The van der Waals surface area contributed by atoms with E-state index in [-0.39, 0.29) is 5.41 Å². The number of thiophene rings is 1. The molecule has 3 aromatic rings. The zero-order valence-corrected chi connectivity index (χ0v) is 16.8. The molecule has 0 aliphatic heterocycles. The lowest BCUT2D eigenvalue weighted by Crippen LogP contribution is -2.12. The van der Waals surface area contributed by atoms with Gasteiger partial charge in [0, 0.05) is 11.4 Å². The highest BCUT2D eigenvalue weighted by Crippen LogP contribution is 2.35. The Bertz CT molecular complexity index is 921. The van der Waals surface area contributed by atoms with Gasteiger partial charge in [-0.25, -0.2) is 9.97 Å². The number of benzene rings is 1. The maximum absolute atomic E-state index is 4.42. The Morgan fingerprint density at radius 1 is 1.19 bits per heavy atom. The Balaban J connectivity index is 1.84. The maximum Gasteiger partial charge on any atom is 0.158 e. The van der Waals surface area contributed by atoms with Gasteiger partial charge in [-0.15, -0.1) is 11.3 Å². The number of nitrogens with one attached hydrogen (secondary N) is 1. The molecule has 0 saturated carbocycles. The monoisotopic (exact) mass is 367 g/mol. The van der Waals surface area contributed by atoms with Gasteiger partial charge in [0.15, 0.2) is 5.82 Å². The second kappa shape index (κ2) is 7.51. The molecule has 6 heteroatoms. The topological polar surface area (TPSA) is 53.4 Å². The fraction of sp³-hybridized carbons (Fsp3) is 0.350. The summed E-state index contributed by atoms with van der Waals surface area (Å²) in [4.78, 5) is 13.2. The van der Waals surface area contributed by atoms with Crippen LogP contribution < -0.4 is 5.43 Å². The van der Waals surface area contributed by atoms with Crippen LogP contribution in [0.25, 0.3) is 10.2 Å². The number of aromatic nitrogens is 2. The van der Waals surface area contributed by atoms with Crippen molar-refractivity contribution in [3.05, 3.63) is 52.7 Å². The van der Waals surface area contributed by atoms with E-state index in [4.69, 9.17) is 0 Å². The lowest BCUT2D eigenvalue weighted by atomic mass is 9.94. The molecule has 0 atom stereocenters. The van der Waals surface area contributed by atoms with Crippen LogP contribution in [-0.4, -0.2) is 35.2 Å². The van der Waals surface area contributed by atoms with E-state index in [2.05, 4.69) is 84.5 Å². The summed E-state index contributed by atoms with van der Waals surface area (Å²) in [5.41, 5.74) is 5.52. The molecule has 0 aliphatic rings. The molecule has 5 nitrogen and oxygen atoms in total. The lowest BCUT2D eigenvalue weighted by Gasteiger charge is -2.14. The van der Waals surface area contributed by atoms with E-state index in [0.29, 0.717) is 0 Å². The third kappa shape index (κ3) is 4.26. The van der Waals surface area contributed by atoms with Gasteiger partial charge in [0.05, 0.1) is 11.6 Å². The van der Waals surface area contributed by atoms with Crippen molar-refractivity contribution in [1.29, 1.82) is 0 Å². The van der Waals surface area contributed by atoms with Crippen LogP contribution in [-0.2, 0) is 12.0 Å². The molecule has 136 valence electrons. The Morgan fingerprint density at radius 2 is 1.96 bits per heavy atom. The smallest absolute Gasteiger partial charge is 0.158 e. The van der Waals surface area contributed by atoms with E-state index in [1.807, 2.05) is 12.3 Å². The highest BCUT2D eigenvalue weighted by Gasteiger charge is 2.18. The molecule has 0 fully saturated rings. The van der Waals surface area contributed by atoms with E-state index in [9.17, 15) is 0 Å². The van der Waals surface area contributed by atoms with Crippen LogP contribution in [0.1, 0.15) is 36.8 Å². The molecular formula is C20H25N5S. The number of rotatable bonds is 5. The fourth-order valence-corrected chi connectivity index (χ4v) is 3.68. The standard InChI is InChI=1S/C20H25N5S/c1-20(2,3)17-10-16-18(21-13-22-19(16)26-17)24-23-11-14-8-6-7-9-15(14)12-25(4)5/h6-11,13H,12H2,1-5H3,(H,21,22,24).